The number of carbonyl (C=O) groups excluding carboxylic acids is 1. The molecule has 2 rings (SSSR count). The van der Waals surface area contributed by atoms with Crippen LogP contribution in [0.3, 0.4) is 0 Å². The van der Waals surface area contributed by atoms with Gasteiger partial charge in [0.1, 0.15) is 5.82 Å². The predicted molar refractivity (Wildman–Crippen MR) is 89.9 cm³/mol. The fourth-order valence-electron chi connectivity index (χ4n) is 2.24. The molecule has 0 aromatic heterocycles. The van der Waals surface area contributed by atoms with E-state index in [1.54, 1.807) is 32.4 Å². The molecule has 6 heteroatoms. The van der Waals surface area contributed by atoms with Crippen molar-refractivity contribution in [1.29, 1.82) is 0 Å². The summed E-state index contributed by atoms with van der Waals surface area (Å²) in [5.74, 6) is 0.985. The molecule has 0 bridgehead atoms. The Labute approximate surface area is 140 Å². The zero-order valence-corrected chi connectivity index (χ0v) is 13.8. The summed E-state index contributed by atoms with van der Waals surface area (Å²) in [5.41, 5.74) is 1.47. The maximum atomic E-state index is 13.5. The Hall–Kier alpha value is -2.76. The van der Waals surface area contributed by atoms with E-state index in [4.69, 9.17) is 9.47 Å². The molecule has 5 nitrogen and oxygen atoms in total. The topological polar surface area (TPSA) is 59.6 Å². The third-order valence-electron chi connectivity index (χ3n) is 3.54. The SMILES string of the molecule is COc1ccc(CCNC(=O)NCc2ccccc2F)cc1OC. The van der Waals surface area contributed by atoms with Gasteiger partial charge in [0.05, 0.1) is 14.2 Å². The van der Waals surface area contributed by atoms with Gasteiger partial charge in [0.2, 0.25) is 0 Å². The predicted octanol–water partition coefficient (Wildman–Crippen LogP) is 2.88. The van der Waals surface area contributed by atoms with Gasteiger partial charge in [-0.25, -0.2) is 9.18 Å². The Morgan fingerprint density at radius 2 is 1.79 bits per heavy atom. The summed E-state index contributed by atoms with van der Waals surface area (Å²) in [7, 11) is 3.16. The van der Waals surface area contributed by atoms with Gasteiger partial charge in [-0.15, -0.1) is 0 Å². The summed E-state index contributed by atoms with van der Waals surface area (Å²) in [6.45, 7) is 0.605. The number of rotatable bonds is 7. The fraction of sp³-hybridized carbons (Fsp3) is 0.278. The van der Waals surface area contributed by atoms with Gasteiger partial charge in [0.15, 0.2) is 11.5 Å². The van der Waals surface area contributed by atoms with E-state index in [-0.39, 0.29) is 18.4 Å². The maximum absolute atomic E-state index is 13.5. The van der Waals surface area contributed by atoms with Crippen molar-refractivity contribution in [2.75, 3.05) is 20.8 Å². The summed E-state index contributed by atoms with van der Waals surface area (Å²) in [4.78, 5) is 11.8. The number of ether oxygens (including phenoxy) is 2. The van der Waals surface area contributed by atoms with Crippen LogP contribution in [0.2, 0.25) is 0 Å². The van der Waals surface area contributed by atoms with Gasteiger partial charge >= 0.3 is 6.03 Å². The van der Waals surface area contributed by atoms with Crippen molar-refractivity contribution in [3.05, 3.63) is 59.4 Å². The highest BCUT2D eigenvalue weighted by Gasteiger charge is 2.06. The van der Waals surface area contributed by atoms with Crippen LogP contribution in [0.5, 0.6) is 11.5 Å². The van der Waals surface area contributed by atoms with Crippen molar-refractivity contribution in [3.8, 4) is 11.5 Å². The van der Waals surface area contributed by atoms with Crippen molar-refractivity contribution in [3.63, 3.8) is 0 Å². The monoisotopic (exact) mass is 332 g/mol. The molecule has 0 radical (unpaired) electrons. The zero-order chi connectivity index (χ0) is 17.4. The Bertz CT molecular complexity index is 692. The second-order valence-corrected chi connectivity index (χ2v) is 5.14. The number of amides is 2. The molecular formula is C18H21FN2O3. The number of urea groups is 1. The molecule has 0 atom stereocenters. The summed E-state index contributed by atoms with van der Waals surface area (Å²) in [6.07, 6.45) is 0.646. The molecule has 0 aliphatic rings. The molecule has 0 fully saturated rings. The molecule has 0 aliphatic carbocycles. The van der Waals surface area contributed by atoms with E-state index in [1.165, 1.54) is 6.07 Å². The quantitative estimate of drug-likeness (QED) is 0.820. The molecule has 0 spiro atoms. The highest BCUT2D eigenvalue weighted by molar-refractivity contribution is 5.73. The van der Waals surface area contributed by atoms with Crippen molar-refractivity contribution in [2.45, 2.75) is 13.0 Å². The van der Waals surface area contributed by atoms with Crippen molar-refractivity contribution in [2.24, 2.45) is 0 Å². The third kappa shape index (κ3) is 4.87. The van der Waals surface area contributed by atoms with Gasteiger partial charge in [-0.2, -0.15) is 0 Å². The molecule has 128 valence electrons. The van der Waals surface area contributed by atoms with Crippen LogP contribution < -0.4 is 20.1 Å². The van der Waals surface area contributed by atoms with Crippen molar-refractivity contribution in [1.82, 2.24) is 10.6 Å². The number of carbonyl (C=O) groups is 1. The summed E-state index contributed by atoms with van der Waals surface area (Å²) < 4.78 is 23.9. The number of hydrogen-bond acceptors (Lipinski definition) is 3. The number of nitrogens with one attached hydrogen (secondary N) is 2. The molecule has 2 N–H and O–H groups in total. The number of benzene rings is 2. The highest BCUT2D eigenvalue weighted by Crippen LogP contribution is 2.27. The van der Waals surface area contributed by atoms with E-state index < -0.39 is 0 Å². The third-order valence-corrected chi connectivity index (χ3v) is 3.54. The fourth-order valence-corrected chi connectivity index (χ4v) is 2.24. The molecule has 2 aromatic carbocycles. The van der Waals surface area contributed by atoms with E-state index in [0.717, 1.165) is 5.56 Å². The minimum absolute atomic E-state index is 0.148. The van der Waals surface area contributed by atoms with Gasteiger partial charge in [-0.3, -0.25) is 0 Å². The first-order chi connectivity index (χ1) is 11.6. The van der Waals surface area contributed by atoms with Crippen LogP contribution in [0, 0.1) is 5.82 Å². The number of methoxy groups -OCH3 is 2. The molecule has 24 heavy (non-hydrogen) atoms. The normalized spacial score (nSPS) is 10.1. The maximum Gasteiger partial charge on any atom is 0.315 e. The van der Waals surface area contributed by atoms with Gasteiger partial charge in [-0.05, 0) is 30.2 Å². The average Bonchev–Trinajstić information content (AvgIpc) is 2.61. The minimum Gasteiger partial charge on any atom is -0.493 e. The Balaban J connectivity index is 1.77. The van der Waals surface area contributed by atoms with Crippen LogP contribution >= 0.6 is 0 Å². The standard InChI is InChI=1S/C18H21FN2O3/c1-23-16-8-7-13(11-17(16)24-2)9-10-20-18(22)21-12-14-5-3-4-6-15(14)19/h3-8,11H,9-10,12H2,1-2H3,(H2,20,21,22). The van der Waals surface area contributed by atoms with E-state index in [1.807, 2.05) is 18.2 Å². The van der Waals surface area contributed by atoms with E-state index in [0.29, 0.717) is 30.0 Å². The Kier molecular flexibility index (Phi) is 6.42. The summed E-state index contributed by atoms with van der Waals surface area (Å²) >= 11 is 0. The minimum atomic E-state index is -0.335. The first-order valence-electron chi connectivity index (χ1n) is 7.60. The first kappa shape index (κ1) is 17.6. The highest BCUT2D eigenvalue weighted by atomic mass is 19.1. The van der Waals surface area contributed by atoms with Crippen LogP contribution in [0.4, 0.5) is 9.18 Å². The van der Waals surface area contributed by atoms with Crippen molar-refractivity contribution >= 4 is 6.03 Å². The van der Waals surface area contributed by atoms with E-state index in [9.17, 15) is 9.18 Å². The zero-order valence-electron chi connectivity index (χ0n) is 13.8. The van der Waals surface area contributed by atoms with Crippen LogP contribution in [0.15, 0.2) is 42.5 Å². The summed E-state index contributed by atoms with van der Waals surface area (Å²) in [6, 6.07) is 11.6. The molecule has 0 saturated heterocycles. The van der Waals surface area contributed by atoms with Crippen LogP contribution in [-0.4, -0.2) is 26.8 Å². The van der Waals surface area contributed by atoms with Gasteiger partial charge in [0, 0.05) is 18.7 Å². The number of halogens is 1. The van der Waals surface area contributed by atoms with Crippen LogP contribution in [0.1, 0.15) is 11.1 Å². The molecule has 0 saturated carbocycles. The lowest BCUT2D eigenvalue weighted by Gasteiger charge is -2.11. The Morgan fingerprint density at radius 1 is 1.04 bits per heavy atom. The molecule has 2 amide bonds. The van der Waals surface area contributed by atoms with Crippen molar-refractivity contribution < 1.29 is 18.7 Å². The van der Waals surface area contributed by atoms with Gasteiger partial charge in [0.25, 0.3) is 0 Å². The first-order valence-corrected chi connectivity index (χ1v) is 7.60. The molecule has 0 heterocycles. The molecule has 0 unspecified atom stereocenters. The molecular weight excluding hydrogens is 311 g/mol. The smallest absolute Gasteiger partial charge is 0.315 e. The van der Waals surface area contributed by atoms with E-state index in [2.05, 4.69) is 10.6 Å². The Morgan fingerprint density at radius 3 is 2.50 bits per heavy atom. The van der Waals surface area contributed by atoms with Gasteiger partial charge in [-0.1, -0.05) is 24.3 Å². The second-order valence-electron chi connectivity index (χ2n) is 5.14. The largest absolute Gasteiger partial charge is 0.493 e. The molecule has 2 aromatic rings. The van der Waals surface area contributed by atoms with Crippen LogP contribution in [-0.2, 0) is 13.0 Å². The second kappa shape index (κ2) is 8.76. The van der Waals surface area contributed by atoms with Crippen LogP contribution in [0.25, 0.3) is 0 Å². The molecule has 0 aliphatic heterocycles. The van der Waals surface area contributed by atoms with E-state index >= 15 is 0 Å². The lowest BCUT2D eigenvalue weighted by Crippen LogP contribution is -2.36. The van der Waals surface area contributed by atoms with Gasteiger partial charge < -0.3 is 20.1 Å². The summed E-state index contributed by atoms with van der Waals surface area (Å²) in [5, 5.41) is 5.37. The number of hydrogen-bond donors (Lipinski definition) is 2. The lowest BCUT2D eigenvalue weighted by molar-refractivity contribution is 0.240. The lowest BCUT2D eigenvalue weighted by atomic mass is 10.1. The average molecular weight is 332 g/mol.